The molecule has 0 aliphatic rings. The van der Waals surface area contributed by atoms with Crippen LogP contribution in [0, 0.1) is 0 Å². The van der Waals surface area contributed by atoms with Crippen LogP contribution in [-0.2, 0) is 0 Å². The second kappa shape index (κ2) is 5.97. The van der Waals surface area contributed by atoms with Crippen molar-refractivity contribution in [3.8, 4) is 22.6 Å². The molecule has 0 N–H and O–H groups in total. The lowest BCUT2D eigenvalue weighted by molar-refractivity contribution is 0.631. The third-order valence-electron chi connectivity index (χ3n) is 4.31. The molecule has 2 heterocycles. The molecule has 2 aromatic heterocycles. The van der Waals surface area contributed by atoms with Gasteiger partial charge in [0.2, 0.25) is 0 Å². The number of pyridine rings is 1. The smallest absolute Gasteiger partial charge is 0.153 e. The summed E-state index contributed by atoms with van der Waals surface area (Å²) in [4.78, 5) is 4.74. The fourth-order valence-corrected chi connectivity index (χ4v) is 2.87. The van der Waals surface area contributed by atoms with Crippen LogP contribution in [0.1, 0.15) is 25.3 Å². The van der Waals surface area contributed by atoms with Crippen LogP contribution in [0.3, 0.4) is 0 Å². The van der Waals surface area contributed by atoms with E-state index in [4.69, 9.17) is 9.40 Å². The summed E-state index contributed by atoms with van der Waals surface area (Å²) in [6.07, 6.45) is 0. The SMILES string of the molecule is CC(C)c1ccc(-c2cc3nc(-c4ccccc4)ccc3o2)cc1. The van der Waals surface area contributed by atoms with E-state index in [9.17, 15) is 0 Å². The quantitative estimate of drug-likeness (QED) is 0.444. The highest BCUT2D eigenvalue weighted by Gasteiger charge is 2.09. The van der Waals surface area contributed by atoms with Gasteiger partial charge in [0.05, 0.1) is 5.69 Å². The fraction of sp³-hybridized carbons (Fsp3) is 0.136. The summed E-state index contributed by atoms with van der Waals surface area (Å²) in [6.45, 7) is 4.40. The number of fused-ring (bicyclic) bond motifs is 1. The molecule has 0 atom stereocenters. The van der Waals surface area contributed by atoms with Crippen LogP contribution in [0.5, 0.6) is 0 Å². The minimum atomic E-state index is 0.532. The summed E-state index contributed by atoms with van der Waals surface area (Å²) in [7, 11) is 0. The Kier molecular flexibility index (Phi) is 3.66. The topological polar surface area (TPSA) is 26.0 Å². The van der Waals surface area contributed by atoms with Gasteiger partial charge >= 0.3 is 0 Å². The van der Waals surface area contributed by atoms with Crippen molar-refractivity contribution in [2.24, 2.45) is 0 Å². The highest BCUT2D eigenvalue weighted by molar-refractivity contribution is 5.81. The molecule has 0 saturated heterocycles. The Labute approximate surface area is 141 Å². The number of nitrogens with zero attached hydrogens (tertiary/aromatic N) is 1. The van der Waals surface area contributed by atoms with Crippen molar-refractivity contribution in [2.75, 3.05) is 0 Å². The van der Waals surface area contributed by atoms with Gasteiger partial charge in [0, 0.05) is 17.2 Å². The van der Waals surface area contributed by atoms with Gasteiger partial charge in [0.25, 0.3) is 0 Å². The minimum absolute atomic E-state index is 0.532. The van der Waals surface area contributed by atoms with Crippen LogP contribution in [0.25, 0.3) is 33.7 Å². The zero-order valence-electron chi connectivity index (χ0n) is 13.9. The molecule has 2 heteroatoms. The molecule has 0 aliphatic carbocycles. The molecule has 118 valence electrons. The fourth-order valence-electron chi connectivity index (χ4n) is 2.87. The van der Waals surface area contributed by atoms with E-state index in [-0.39, 0.29) is 0 Å². The molecule has 2 nitrogen and oxygen atoms in total. The van der Waals surface area contributed by atoms with Crippen LogP contribution in [0.4, 0.5) is 0 Å². The Morgan fingerprint density at radius 3 is 2.25 bits per heavy atom. The summed E-state index contributed by atoms with van der Waals surface area (Å²) in [5.41, 5.74) is 6.20. The Hall–Kier alpha value is -2.87. The first-order chi connectivity index (χ1) is 11.7. The Morgan fingerprint density at radius 1 is 0.792 bits per heavy atom. The molecule has 0 unspecified atom stereocenters. The monoisotopic (exact) mass is 313 g/mol. The van der Waals surface area contributed by atoms with Gasteiger partial charge in [-0.3, -0.25) is 0 Å². The second-order valence-electron chi connectivity index (χ2n) is 6.33. The summed E-state index contributed by atoms with van der Waals surface area (Å²) < 4.78 is 5.98. The summed E-state index contributed by atoms with van der Waals surface area (Å²) in [6, 6.07) is 24.8. The molecule has 0 radical (unpaired) electrons. The van der Waals surface area contributed by atoms with E-state index < -0.39 is 0 Å². The average molecular weight is 313 g/mol. The van der Waals surface area contributed by atoms with E-state index in [0.29, 0.717) is 5.92 Å². The normalized spacial score (nSPS) is 11.3. The number of furan rings is 1. The third kappa shape index (κ3) is 2.71. The van der Waals surface area contributed by atoms with Gasteiger partial charge in [0.15, 0.2) is 5.58 Å². The van der Waals surface area contributed by atoms with Crippen molar-refractivity contribution < 1.29 is 4.42 Å². The van der Waals surface area contributed by atoms with Gasteiger partial charge in [0.1, 0.15) is 11.3 Å². The highest BCUT2D eigenvalue weighted by atomic mass is 16.3. The average Bonchev–Trinajstić information content (AvgIpc) is 3.06. The van der Waals surface area contributed by atoms with Crippen molar-refractivity contribution in [1.82, 2.24) is 4.98 Å². The van der Waals surface area contributed by atoms with Gasteiger partial charge in [-0.25, -0.2) is 4.98 Å². The summed E-state index contributed by atoms with van der Waals surface area (Å²) in [5.74, 6) is 1.39. The summed E-state index contributed by atoms with van der Waals surface area (Å²) in [5, 5.41) is 0. The molecule has 2 aromatic carbocycles. The van der Waals surface area contributed by atoms with Crippen LogP contribution in [0.15, 0.2) is 77.2 Å². The van der Waals surface area contributed by atoms with Gasteiger partial charge in [-0.15, -0.1) is 0 Å². The molecule has 0 amide bonds. The Bertz CT molecular complexity index is 966. The second-order valence-corrected chi connectivity index (χ2v) is 6.33. The number of aromatic nitrogens is 1. The van der Waals surface area contributed by atoms with Gasteiger partial charge in [-0.1, -0.05) is 68.4 Å². The maximum Gasteiger partial charge on any atom is 0.153 e. The highest BCUT2D eigenvalue weighted by Crippen LogP contribution is 2.29. The maximum atomic E-state index is 5.98. The predicted octanol–water partition coefficient (Wildman–Crippen LogP) is 6.29. The van der Waals surface area contributed by atoms with E-state index in [1.165, 1.54) is 5.56 Å². The zero-order valence-corrected chi connectivity index (χ0v) is 13.9. The molecule has 4 rings (SSSR count). The van der Waals surface area contributed by atoms with Crippen molar-refractivity contribution in [1.29, 1.82) is 0 Å². The first kappa shape index (κ1) is 14.7. The molecule has 0 aliphatic heterocycles. The molecule has 0 spiro atoms. The number of hydrogen-bond donors (Lipinski definition) is 0. The Morgan fingerprint density at radius 2 is 1.54 bits per heavy atom. The number of hydrogen-bond acceptors (Lipinski definition) is 2. The molecule has 0 bridgehead atoms. The largest absolute Gasteiger partial charge is 0.454 e. The van der Waals surface area contributed by atoms with Gasteiger partial charge in [-0.2, -0.15) is 0 Å². The molecule has 0 saturated carbocycles. The lowest BCUT2D eigenvalue weighted by Gasteiger charge is -2.05. The molecule has 24 heavy (non-hydrogen) atoms. The van der Waals surface area contributed by atoms with E-state index in [0.717, 1.165) is 33.7 Å². The van der Waals surface area contributed by atoms with E-state index in [1.54, 1.807) is 0 Å². The van der Waals surface area contributed by atoms with Crippen molar-refractivity contribution in [2.45, 2.75) is 19.8 Å². The molecule has 0 fully saturated rings. The van der Waals surface area contributed by atoms with E-state index >= 15 is 0 Å². The third-order valence-corrected chi connectivity index (χ3v) is 4.31. The van der Waals surface area contributed by atoms with Gasteiger partial charge < -0.3 is 4.42 Å². The minimum Gasteiger partial charge on any atom is -0.454 e. The maximum absolute atomic E-state index is 5.98. The number of benzene rings is 2. The van der Waals surface area contributed by atoms with Crippen molar-refractivity contribution in [3.05, 3.63) is 78.4 Å². The van der Waals surface area contributed by atoms with E-state index in [1.807, 2.05) is 36.4 Å². The molecular weight excluding hydrogens is 294 g/mol. The standard InChI is InChI=1S/C22H19NO/c1-15(2)16-8-10-18(11-9-16)22-14-20-21(24-22)13-12-19(23-20)17-6-4-3-5-7-17/h3-15H,1-2H3. The van der Waals surface area contributed by atoms with Crippen LogP contribution >= 0.6 is 0 Å². The van der Waals surface area contributed by atoms with Gasteiger partial charge in [-0.05, 0) is 23.6 Å². The first-order valence-corrected chi connectivity index (χ1v) is 8.27. The molecular formula is C22H19NO. The zero-order chi connectivity index (χ0) is 16.5. The number of rotatable bonds is 3. The van der Waals surface area contributed by atoms with Crippen molar-refractivity contribution in [3.63, 3.8) is 0 Å². The van der Waals surface area contributed by atoms with Crippen LogP contribution in [0.2, 0.25) is 0 Å². The van der Waals surface area contributed by atoms with Crippen LogP contribution in [-0.4, -0.2) is 4.98 Å². The molecule has 4 aromatic rings. The van der Waals surface area contributed by atoms with Crippen molar-refractivity contribution >= 4 is 11.1 Å². The Balaban J connectivity index is 1.73. The lowest BCUT2D eigenvalue weighted by atomic mass is 10.0. The van der Waals surface area contributed by atoms with Crippen LogP contribution < -0.4 is 0 Å². The first-order valence-electron chi connectivity index (χ1n) is 8.27. The van der Waals surface area contributed by atoms with E-state index in [2.05, 4.69) is 50.2 Å². The lowest BCUT2D eigenvalue weighted by Crippen LogP contribution is -1.85. The predicted molar refractivity (Wildman–Crippen MR) is 99.0 cm³/mol. The summed E-state index contributed by atoms with van der Waals surface area (Å²) >= 11 is 0.